The van der Waals surface area contributed by atoms with Gasteiger partial charge in [0.15, 0.2) is 23.4 Å². The molecule has 1 unspecified atom stereocenters. The molecule has 1 atom stereocenters. The molecule has 0 saturated heterocycles. The van der Waals surface area contributed by atoms with Crippen molar-refractivity contribution in [1.82, 2.24) is 4.90 Å². The van der Waals surface area contributed by atoms with Crippen molar-refractivity contribution in [2.24, 2.45) is 0 Å². The Labute approximate surface area is 159 Å². The van der Waals surface area contributed by atoms with E-state index in [0.717, 1.165) is 21.2 Å². The van der Waals surface area contributed by atoms with Crippen LogP contribution in [0.3, 0.4) is 0 Å². The van der Waals surface area contributed by atoms with Crippen LogP contribution >= 0.6 is 15.9 Å². The van der Waals surface area contributed by atoms with E-state index in [4.69, 9.17) is 13.9 Å². The summed E-state index contributed by atoms with van der Waals surface area (Å²) in [5.41, 5.74) is 1.54. The van der Waals surface area contributed by atoms with Gasteiger partial charge >= 0.3 is 0 Å². The van der Waals surface area contributed by atoms with Gasteiger partial charge in [0.05, 0.1) is 6.54 Å². The second-order valence-corrected chi connectivity index (χ2v) is 7.30. The predicted octanol–water partition coefficient (Wildman–Crippen LogP) is 4.42. The Morgan fingerprint density at radius 2 is 2.00 bits per heavy atom. The lowest BCUT2D eigenvalue weighted by Crippen LogP contribution is -2.41. The van der Waals surface area contributed by atoms with Crippen LogP contribution in [0.15, 0.2) is 51.4 Å². The van der Waals surface area contributed by atoms with Gasteiger partial charge in [0.2, 0.25) is 0 Å². The van der Waals surface area contributed by atoms with Crippen LogP contribution < -0.4 is 9.47 Å². The lowest BCUT2D eigenvalue weighted by Gasteiger charge is -2.29. The summed E-state index contributed by atoms with van der Waals surface area (Å²) in [4.78, 5) is 14.5. The molecule has 2 aromatic carbocycles. The number of carbonyl (C=O) groups excluding carboxylic acids is 1. The molecule has 1 aliphatic heterocycles. The largest absolute Gasteiger partial charge is 0.486 e. The van der Waals surface area contributed by atoms with Gasteiger partial charge in [0.25, 0.3) is 5.91 Å². The second-order valence-electron chi connectivity index (χ2n) is 6.38. The summed E-state index contributed by atoms with van der Waals surface area (Å²) in [5, 5.41) is 0.933. The van der Waals surface area contributed by atoms with E-state index in [1.807, 2.05) is 49.4 Å². The number of carbonyl (C=O) groups is 1. The quantitative estimate of drug-likeness (QED) is 0.635. The van der Waals surface area contributed by atoms with Gasteiger partial charge in [-0.2, -0.15) is 0 Å². The maximum atomic E-state index is 12.9. The number of fused-ring (bicyclic) bond motifs is 2. The SMILES string of the molecule is Cc1c(C(=O)N(C)CC2COc3ccccc3O2)oc2ccc(Br)cc12. The Kier molecular flexibility index (Phi) is 4.36. The van der Waals surface area contributed by atoms with E-state index in [1.54, 1.807) is 11.9 Å². The number of halogens is 1. The van der Waals surface area contributed by atoms with Crippen molar-refractivity contribution in [1.29, 1.82) is 0 Å². The molecule has 0 bridgehead atoms. The molecule has 1 amide bonds. The zero-order valence-corrected chi connectivity index (χ0v) is 16.1. The lowest BCUT2D eigenvalue weighted by molar-refractivity contribution is 0.0502. The van der Waals surface area contributed by atoms with Crippen LogP contribution in [0, 0.1) is 6.92 Å². The third kappa shape index (κ3) is 3.05. The predicted molar refractivity (Wildman–Crippen MR) is 102 cm³/mol. The molecule has 0 saturated carbocycles. The fourth-order valence-corrected chi connectivity index (χ4v) is 3.47. The van der Waals surface area contributed by atoms with Crippen molar-refractivity contribution in [2.45, 2.75) is 13.0 Å². The zero-order valence-electron chi connectivity index (χ0n) is 14.5. The number of para-hydroxylation sites is 2. The van der Waals surface area contributed by atoms with Crippen LogP contribution in [0.25, 0.3) is 11.0 Å². The molecule has 1 aromatic heterocycles. The highest BCUT2D eigenvalue weighted by Gasteiger charge is 2.27. The van der Waals surface area contributed by atoms with Crippen LogP contribution in [0.4, 0.5) is 0 Å². The third-order valence-electron chi connectivity index (χ3n) is 4.48. The minimum Gasteiger partial charge on any atom is -0.486 e. The molecule has 6 heteroatoms. The van der Waals surface area contributed by atoms with Crippen molar-refractivity contribution in [3.63, 3.8) is 0 Å². The maximum absolute atomic E-state index is 12.9. The highest BCUT2D eigenvalue weighted by atomic mass is 79.9. The molecule has 0 fully saturated rings. The van der Waals surface area contributed by atoms with E-state index in [-0.39, 0.29) is 12.0 Å². The minimum absolute atomic E-state index is 0.169. The summed E-state index contributed by atoms with van der Waals surface area (Å²) in [6.45, 7) is 2.71. The maximum Gasteiger partial charge on any atom is 0.289 e. The van der Waals surface area contributed by atoms with Gasteiger partial charge in [-0.15, -0.1) is 0 Å². The van der Waals surface area contributed by atoms with Gasteiger partial charge in [-0.1, -0.05) is 28.1 Å². The van der Waals surface area contributed by atoms with Crippen molar-refractivity contribution >= 4 is 32.8 Å². The van der Waals surface area contributed by atoms with E-state index in [9.17, 15) is 4.79 Å². The fraction of sp³-hybridized carbons (Fsp3) is 0.250. The summed E-state index contributed by atoms with van der Waals surface area (Å²) in [7, 11) is 1.74. The highest BCUT2D eigenvalue weighted by Crippen LogP contribution is 2.32. The number of hydrogen-bond donors (Lipinski definition) is 0. The molecule has 0 aliphatic carbocycles. The standard InChI is InChI=1S/C20H18BrNO4/c1-12-15-9-13(21)7-8-16(15)26-19(12)20(23)22(2)10-14-11-24-17-5-3-4-6-18(17)25-14/h3-9,14H,10-11H2,1-2H3. The van der Waals surface area contributed by atoms with Gasteiger partial charge < -0.3 is 18.8 Å². The number of furan rings is 1. The van der Waals surface area contributed by atoms with E-state index < -0.39 is 0 Å². The number of amides is 1. The smallest absolute Gasteiger partial charge is 0.289 e. The van der Waals surface area contributed by atoms with Crippen LogP contribution in [-0.2, 0) is 0 Å². The van der Waals surface area contributed by atoms with Crippen molar-refractivity contribution < 1.29 is 18.7 Å². The molecule has 3 aromatic rings. The second kappa shape index (κ2) is 6.68. The molecule has 26 heavy (non-hydrogen) atoms. The van der Waals surface area contributed by atoms with E-state index >= 15 is 0 Å². The summed E-state index contributed by atoms with van der Waals surface area (Å²) >= 11 is 3.45. The molecule has 0 N–H and O–H groups in total. The first-order valence-electron chi connectivity index (χ1n) is 8.35. The number of aryl methyl sites for hydroxylation is 1. The lowest BCUT2D eigenvalue weighted by atomic mass is 10.1. The van der Waals surface area contributed by atoms with Gasteiger partial charge in [0, 0.05) is 22.5 Å². The molecular formula is C20H18BrNO4. The Bertz CT molecular complexity index is 981. The van der Waals surface area contributed by atoms with Gasteiger partial charge in [-0.25, -0.2) is 0 Å². The Morgan fingerprint density at radius 3 is 2.81 bits per heavy atom. The number of nitrogens with zero attached hydrogens (tertiary/aromatic N) is 1. The normalized spacial score (nSPS) is 15.9. The van der Waals surface area contributed by atoms with Gasteiger partial charge in [-0.05, 0) is 37.3 Å². The first kappa shape index (κ1) is 17.0. The van der Waals surface area contributed by atoms with Crippen LogP contribution in [0.5, 0.6) is 11.5 Å². The Balaban J connectivity index is 1.51. The average molecular weight is 416 g/mol. The first-order chi connectivity index (χ1) is 12.5. The number of ether oxygens (including phenoxy) is 2. The van der Waals surface area contributed by atoms with E-state index in [1.165, 1.54) is 0 Å². The van der Waals surface area contributed by atoms with Crippen molar-refractivity contribution in [3.8, 4) is 11.5 Å². The molecule has 5 nitrogen and oxygen atoms in total. The number of benzene rings is 2. The van der Waals surface area contributed by atoms with Gasteiger partial charge in [-0.3, -0.25) is 4.79 Å². The molecule has 2 heterocycles. The number of likely N-dealkylation sites (N-methyl/N-ethyl adjacent to an activating group) is 1. The van der Waals surface area contributed by atoms with E-state index in [2.05, 4.69) is 15.9 Å². The topological polar surface area (TPSA) is 51.9 Å². The average Bonchev–Trinajstić information content (AvgIpc) is 2.97. The molecule has 134 valence electrons. The number of rotatable bonds is 3. The number of hydrogen-bond acceptors (Lipinski definition) is 4. The third-order valence-corrected chi connectivity index (χ3v) is 4.98. The fourth-order valence-electron chi connectivity index (χ4n) is 3.11. The molecular weight excluding hydrogens is 398 g/mol. The monoisotopic (exact) mass is 415 g/mol. The summed E-state index contributed by atoms with van der Waals surface area (Å²) in [5.74, 6) is 1.63. The van der Waals surface area contributed by atoms with Crippen molar-refractivity contribution in [2.75, 3.05) is 20.2 Å². The van der Waals surface area contributed by atoms with Crippen molar-refractivity contribution in [3.05, 3.63) is 58.3 Å². The summed E-state index contributed by atoms with van der Waals surface area (Å²) < 4.78 is 18.4. The first-order valence-corrected chi connectivity index (χ1v) is 9.15. The summed E-state index contributed by atoms with van der Waals surface area (Å²) in [6.07, 6.45) is -0.224. The zero-order chi connectivity index (χ0) is 18.3. The Hall–Kier alpha value is -2.47. The van der Waals surface area contributed by atoms with Crippen LogP contribution in [0.2, 0.25) is 0 Å². The van der Waals surface area contributed by atoms with Gasteiger partial charge in [0.1, 0.15) is 12.2 Å². The highest BCUT2D eigenvalue weighted by molar-refractivity contribution is 9.10. The van der Waals surface area contributed by atoms with Crippen LogP contribution in [0.1, 0.15) is 16.1 Å². The van der Waals surface area contributed by atoms with E-state index in [0.29, 0.717) is 30.2 Å². The molecule has 0 radical (unpaired) electrons. The summed E-state index contributed by atoms with van der Waals surface area (Å²) in [6, 6.07) is 13.3. The van der Waals surface area contributed by atoms with Crippen LogP contribution in [-0.4, -0.2) is 37.1 Å². The molecule has 4 rings (SSSR count). The Morgan fingerprint density at radius 1 is 1.23 bits per heavy atom. The minimum atomic E-state index is -0.224. The molecule has 0 spiro atoms. The molecule has 1 aliphatic rings.